The number of hydrogen-bond donors (Lipinski definition) is 1. The van der Waals surface area contributed by atoms with Crippen molar-refractivity contribution in [2.24, 2.45) is 5.73 Å². The fourth-order valence-electron chi connectivity index (χ4n) is 3.22. The van der Waals surface area contributed by atoms with Crippen LogP contribution in [0.1, 0.15) is 36.3 Å². The number of hydrogen-bond acceptors (Lipinski definition) is 6. The Hall–Kier alpha value is -2.32. The highest BCUT2D eigenvalue weighted by atomic mass is 19.1. The van der Waals surface area contributed by atoms with Gasteiger partial charge in [0.25, 0.3) is 0 Å². The Morgan fingerprint density at radius 3 is 2.32 bits per heavy atom. The lowest BCUT2D eigenvalue weighted by atomic mass is 10.0. The Morgan fingerprint density at radius 1 is 1.20 bits per heavy atom. The molecule has 1 aromatic heterocycles. The van der Waals surface area contributed by atoms with Gasteiger partial charge in [-0.2, -0.15) is 4.98 Å². The quantitative estimate of drug-likeness (QED) is 0.880. The van der Waals surface area contributed by atoms with E-state index in [1.165, 1.54) is 12.1 Å². The second-order valence-electron chi connectivity index (χ2n) is 6.28. The summed E-state index contributed by atoms with van der Waals surface area (Å²) < 4.78 is 18.4. The summed E-state index contributed by atoms with van der Waals surface area (Å²) in [6.45, 7) is 6.64. The molecule has 3 rings (SSSR count). The summed E-state index contributed by atoms with van der Waals surface area (Å²) in [6, 6.07) is 5.38. The highest BCUT2D eigenvalue weighted by molar-refractivity contribution is 5.81. The van der Waals surface area contributed by atoms with Gasteiger partial charge in [-0.05, 0) is 31.5 Å². The van der Waals surface area contributed by atoms with E-state index in [9.17, 15) is 9.18 Å². The van der Waals surface area contributed by atoms with Gasteiger partial charge in [0.2, 0.25) is 11.8 Å². The molecule has 0 bridgehead atoms. The number of benzene rings is 1. The van der Waals surface area contributed by atoms with Gasteiger partial charge in [-0.3, -0.25) is 14.6 Å². The zero-order chi connectivity index (χ0) is 18.0. The molecule has 8 heteroatoms. The lowest BCUT2D eigenvalue weighted by Crippen LogP contribution is -2.50. The average molecular weight is 347 g/mol. The van der Waals surface area contributed by atoms with Crippen LogP contribution in [0.2, 0.25) is 0 Å². The number of aromatic nitrogens is 2. The monoisotopic (exact) mass is 347 g/mol. The summed E-state index contributed by atoms with van der Waals surface area (Å²) in [7, 11) is 0. The first-order valence-electron chi connectivity index (χ1n) is 8.29. The van der Waals surface area contributed by atoms with Crippen molar-refractivity contribution in [3.05, 3.63) is 47.4 Å². The van der Waals surface area contributed by atoms with E-state index in [1.54, 1.807) is 19.1 Å². The summed E-state index contributed by atoms with van der Waals surface area (Å²) in [5, 5.41) is 3.83. The molecule has 134 valence electrons. The molecule has 0 spiro atoms. The largest absolute Gasteiger partial charge is 0.368 e. The first-order valence-corrected chi connectivity index (χ1v) is 8.29. The summed E-state index contributed by atoms with van der Waals surface area (Å²) >= 11 is 0. The predicted octanol–water partition coefficient (Wildman–Crippen LogP) is 1.42. The number of primary amides is 1. The molecule has 2 atom stereocenters. The van der Waals surface area contributed by atoms with Crippen molar-refractivity contribution < 1.29 is 13.7 Å². The van der Waals surface area contributed by atoms with E-state index < -0.39 is 11.9 Å². The number of nitrogens with zero attached hydrogens (tertiary/aromatic N) is 4. The number of piperazine rings is 1. The predicted molar refractivity (Wildman–Crippen MR) is 88.9 cm³/mol. The van der Waals surface area contributed by atoms with Crippen LogP contribution in [0.3, 0.4) is 0 Å². The van der Waals surface area contributed by atoms with Gasteiger partial charge < -0.3 is 10.3 Å². The fourth-order valence-corrected chi connectivity index (χ4v) is 3.22. The molecule has 1 aromatic carbocycles. The SMILES string of the molecule is Cc1noc([C@H](C)N2CCN([C@H](C(N)=O)c3ccc(F)cc3)CC2)n1. The molecule has 2 heterocycles. The maximum absolute atomic E-state index is 13.1. The fraction of sp³-hybridized carbons (Fsp3) is 0.471. The van der Waals surface area contributed by atoms with E-state index in [4.69, 9.17) is 10.3 Å². The Morgan fingerprint density at radius 2 is 1.80 bits per heavy atom. The molecule has 1 aliphatic rings. The molecule has 1 saturated heterocycles. The van der Waals surface area contributed by atoms with Crippen LogP contribution in [0.15, 0.2) is 28.8 Å². The molecule has 2 aromatic rings. The summed E-state index contributed by atoms with van der Waals surface area (Å²) in [5.74, 6) is 0.447. The van der Waals surface area contributed by atoms with Gasteiger partial charge in [0, 0.05) is 26.2 Å². The molecular weight excluding hydrogens is 325 g/mol. The molecule has 0 radical (unpaired) electrons. The Balaban J connectivity index is 1.67. The molecule has 1 amide bonds. The van der Waals surface area contributed by atoms with Crippen molar-refractivity contribution in [2.45, 2.75) is 25.9 Å². The summed E-state index contributed by atoms with van der Waals surface area (Å²) in [5.41, 5.74) is 6.32. The van der Waals surface area contributed by atoms with Crippen LogP contribution in [0, 0.1) is 12.7 Å². The molecule has 1 aliphatic heterocycles. The molecule has 0 aliphatic carbocycles. The lowest BCUT2D eigenvalue weighted by molar-refractivity contribution is -0.124. The van der Waals surface area contributed by atoms with E-state index >= 15 is 0 Å². The highest BCUT2D eigenvalue weighted by Crippen LogP contribution is 2.25. The Bertz CT molecular complexity index is 725. The van der Waals surface area contributed by atoms with Gasteiger partial charge in [-0.25, -0.2) is 4.39 Å². The van der Waals surface area contributed by atoms with Crippen LogP contribution in [0.4, 0.5) is 4.39 Å². The van der Waals surface area contributed by atoms with E-state index in [-0.39, 0.29) is 11.9 Å². The third-order valence-electron chi connectivity index (χ3n) is 4.62. The van der Waals surface area contributed by atoms with Gasteiger partial charge in [0.05, 0.1) is 6.04 Å². The van der Waals surface area contributed by atoms with Crippen LogP contribution < -0.4 is 5.73 Å². The molecule has 1 fully saturated rings. The van der Waals surface area contributed by atoms with Crippen molar-refractivity contribution in [3.8, 4) is 0 Å². The second-order valence-corrected chi connectivity index (χ2v) is 6.28. The van der Waals surface area contributed by atoms with E-state index in [0.717, 1.165) is 13.1 Å². The van der Waals surface area contributed by atoms with E-state index in [0.29, 0.717) is 30.4 Å². The molecule has 0 unspecified atom stereocenters. The number of nitrogens with two attached hydrogens (primary N) is 1. The van der Waals surface area contributed by atoms with Crippen molar-refractivity contribution >= 4 is 5.91 Å². The topological polar surface area (TPSA) is 88.5 Å². The van der Waals surface area contributed by atoms with Crippen molar-refractivity contribution in [1.29, 1.82) is 0 Å². The summed E-state index contributed by atoms with van der Waals surface area (Å²) in [6.07, 6.45) is 0. The van der Waals surface area contributed by atoms with Crippen LogP contribution in [-0.2, 0) is 4.79 Å². The van der Waals surface area contributed by atoms with E-state index in [1.807, 2.05) is 11.8 Å². The average Bonchev–Trinajstić information content (AvgIpc) is 3.03. The highest BCUT2D eigenvalue weighted by Gasteiger charge is 2.31. The second kappa shape index (κ2) is 7.28. The first-order chi connectivity index (χ1) is 12.0. The van der Waals surface area contributed by atoms with Gasteiger partial charge in [-0.1, -0.05) is 17.3 Å². The Labute approximate surface area is 145 Å². The third-order valence-corrected chi connectivity index (χ3v) is 4.62. The van der Waals surface area contributed by atoms with Crippen LogP contribution in [0.25, 0.3) is 0 Å². The molecule has 0 saturated carbocycles. The zero-order valence-corrected chi connectivity index (χ0v) is 14.4. The van der Waals surface area contributed by atoms with Gasteiger partial charge >= 0.3 is 0 Å². The number of amides is 1. The number of carbonyl (C=O) groups is 1. The smallest absolute Gasteiger partial charge is 0.243 e. The van der Waals surface area contributed by atoms with Gasteiger partial charge in [0.1, 0.15) is 11.9 Å². The minimum atomic E-state index is -0.552. The minimum absolute atomic E-state index is 0.0150. The molecule has 25 heavy (non-hydrogen) atoms. The third kappa shape index (κ3) is 3.85. The van der Waals surface area contributed by atoms with Crippen LogP contribution >= 0.6 is 0 Å². The van der Waals surface area contributed by atoms with Crippen molar-refractivity contribution in [3.63, 3.8) is 0 Å². The van der Waals surface area contributed by atoms with Gasteiger partial charge in [0.15, 0.2) is 5.82 Å². The van der Waals surface area contributed by atoms with Crippen molar-refractivity contribution in [2.75, 3.05) is 26.2 Å². The number of aryl methyl sites for hydroxylation is 1. The maximum Gasteiger partial charge on any atom is 0.243 e. The minimum Gasteiger partial charge on any atom is -0.368 e. The lowest BCUT2D eigenvalue weighted by Gasteiger charge is -2.39. The summed E-state index contributed by atoms with van der Waals surface area (Å²) in [4.78, 5) is 20.5. The molecule has 7 nitrogen and oxygen atoms in total. The number of carbonyl (C=O) groups excluding carboxylic acids is 1. The first kappa shape index (κ1) is 17.5. The number of rotatable bonds is 5. The van der Waals surface area contributed by atoms with Crippen LogP contribution in [-0.4, -0.2) is 52.0 Å². The normalized spacial score (nSPS) is 18.8. The van der Waals surface area contributed by atoms with E-state index in [2.05, 4.69) is 15.0 Å². The van der Waals surface area contributed by atoms with Gasteiger partial charge in [-0.15, -0.1) is 0 Å². The maximum atomic E-state index is 13.1. The molecule has 2 N–H and O–H groups in total. The Kier molecular flexibility index (Phi) is 5.10. The standard InChI is InChI=1S/C17H22FN5O2/c1-11(17-20-12(2)21-25-17)22-7-9-23(10-8-22)15(16(19)24)13-3-5-14(18)6-4-13/h3-6,11,15H,7-10H2,1-2H3,(H2,19,24)/t11-,15-/m0/s1. The van der Waals surface area contributed by atoms with Crippen molar-refractivity contribution in [1.82, 2.24) is 19.9 Å². The molecular formula is C17H22FN5O2. The number of halogens is 1. The van der Waals surface area contributed by atoms with Crippen LogP contribution in [0.5, 0.6) is 0 Å². The zero-order valence-electron chi connectivity index (χ0n) is 14.4.